The lowest BCUT2D eigenvalue weighted by molar-refractivity contribution is 0.534. The predicted octanol–water partition coefficient (Wildman–Crippen LogP) is 4.05. The van der Waals surface area contributed by atoms with Crippen LogP contribution in [0.2, 0.25) is 0 Å². The van der Waals surface area contributed by atoms with Crippen molar-refractivity contribution < 1.29 is 8.63 Å². The van der Waals surface area contributed by atoms with Crippen LogP contribution in [0.5, 0.6) is 0 Å². The van der Waals surface area contributed by atoms with Crippen LogP contribution in [0.3, 0.4) is 0 Å². The molecule has 3 nitrogen and oxygen atoms in total. The third kappa shape index (κ3) is 2.81. The van der Waals surface area contributed by atoms with Gasteiger partial charge in [0.15, 0.2) is 11.7 Å². The van der Waals surface area contributed by atoms with Crippen molar-refractivity contribution in [1.82, 2.24) is 4.98 Å². The highest BCUT2D eigenvalue weighted by atomic mass is 32.2. The van der Waals surface area contributed by atoms with Gasteiger partial charge in [-0.25, -0.2) is 4.98 Å². The first-order valence-electron chi connectivity index (χ1n) is 6.62. The summed E-state index contributed by atoms with van der Waals surface area (Å²) >= 11 is 0. The van der Waals surface area contributed by atoms with Gasteiger partial charge in [0.05, 0.1) is 0 Å². The van der Waals surface area contributed by atoms with E-state index in [9.17, 15) is 4.21 Å². The van der Waals surface area contributed by atoms with E-state index in [1.807, 2.05) is 61.5 Å². The summed E-state index contributed by atoms with van der Waals surface area (Å²) in [6, 6.07) is 17.5. The van der Waals surface area contributed by atoms with E-state index in [-0.39, 0.29) is 0 Å². The van der Waals surface area contributed by atoms with Crippen LogP contribution in [0.15, 0.2) is 63.9 Å². The maximum atomic E-state index is 11.5. The maximum absolute atomic E-state index is 11.5. The zero-order valence-corrected chi connectivity index (χ0v) is 12.7. The second-order valence-corrected chi connectivity index (χ2v) is 6.13. The number of aryl methyl sites for hydroxylation is 1. The van der Waals surface area contributed by atoms with Crippen LogP contribution in [0, 0.1) is 6.92 Å². The quantitative estimate of drug-likeness (QED) is 0.732. The molecular formula is C17H15NO2S. The highest BCUT2D eigenvalue weighted by Crippen LogP contribution is 2.32. The second-order valence-electron chi connectivity index (χ2n) is 4.76. The fourth-order valence-electron chi connectivity index (χ4n) is 2.21. The predicted molar refractivity (Wildman–Crippen MR) is 84.4 cm³/mol. The minimum Gasteiger partial charge on any atom is -0.440 e. The van der Waals surface area contributed by atoms with Crippen molar-refractivity contribution in [2.45, 2.75) is 11.8 Å². The Balaban J connectivity index is 2.09. The fraction of sp³-hybridized carbons (Fsp3) is 0.118. The Bertz CT molecular complexity index is 776. The summed E-state index contributed by atoms with van der Waals surface area (Å²) in [5, 5.41) is 0. The van der Waals surface area contributed by atoms with Crippen molar-refractivity contribution in [3.63, 3.8) is 0 Å². The highest BCUT2D eigenvalue weighted by Gasteiger charge is 2.15. The summed E-state index contributed by atoms with van der Waals surface area (Å²) in [5.41, 5.74) is 2.79. The van der Waals surface area contributed by atoms with Crippen molar-refractivity contribution in [3.8, 4) is 22.6 Å². The van der Waals surface area contributed by atoms with Crippen LogP contribution in [0.1, 0.15) is 5.89 Å². The lowest BCUT2D eigenvalue weighted by Gasteiger charge is -2.02. The molecule has 4 heteroatoms. The molecule has 1 aromatic heterocycles. The van der Waals surface area contributed by atoms with Crippen molar-refractivity contribution >= 4 is 10.8 Å². The van der Waals surface area contributed by atoms with Gasteiger partial charge < -0.3 is 4.42 Å². The second kappa shape index (κ2) is 5.66. The molecule has 1 atom stereocenters. The Morgan fingerprint density at radius 2 is 1.62 bits per heavy atom. The molecule has 3 rings (SSSR count). The van der Waals surface area contributed by atoms with Gasteiger partial charge in [0.25, 0.3) is 0 Å². The highest BCUT2D eigenvalue weighted by molar-refractivity contribution is 7.84. The normalized spacial score (nSPS) is 12.3. The van der Waals surface area contributed by atoms with Gasteiger partial charge in [0.1, 0.15) is 5.69 Å². The minimum atomic E-state index is -0.976. The van der Waals surface area contributed by atoms with Crippen LogP contribution >= 0.6 is 0 Å². The summed E-state index contributed by atoms with van der Waals surface area (Å²) in [7, 11) is -0.976. The molecule has 0 fully saturated rings. The largest absolute Gasteiger partial charge is 0.440 e. The van der Waals surface area contributed by atoms with Gasteiger partial charge in [-0.15, -0.1) is 0 Å². The van der Waals surface area contributed by atoms with Gasteiger partial charge in [-0.2, -0.15) is 0 Å². The number of rotatable bonds is 3. The number of nitrogens with zero attached hydrogens (tertiary/aromatic N) is 1. The van der Waals surface area contributed by atoms with E-state index >= 15 is 0 Å². The van der Waals surface area contributed by atoms with Crippen LogP contribution in [-0.2, 0) is 10.8 Å². The molecule has 0 saturated heterocycles. The molecule has 2 aromatic carbocycles. The van der Waals surface area contributed by atoms with Gasteiger partial charge in [0.2, 0.25) is 0 Å². The molecule has 0 radical (unpaired) electrons. The van der Waals surface area contributed by atoms with E-state index in [2.05, 4.69) is 4.98 Å². The first-order chi connectivity index (χ1) is 10.1. The first-order valence-corrected chi connectivity index (χ1v) is 8.17. The van der Waals surface area contributed by atoms with Gasteiger partial charge in [-0.05, 0) is 24.3 Å². The minimum absolute atomic E-state index is 0.631. The van der Waals surface area contributed by atoms with Gasteiger partial charge in [0, 0.05) is 40.0 Å². The average molecular weight is 297 g/mol. The molecule has 0 saturated carbocycles. The van der Waals surface area contributed by atoms with Crippen LogP contribution in [-0.4, -0.2) is 15.4 Å². The molecule has 0 unspecified atom stereocenters. The molecule has 0 N–H and O–H groups in total. The van der Waals surface area contributed by atoms with E-state index < -0.39 is 10.8 Å². The Morgan fingerprint density at radius 3 is 2.24 bits per heavy atom. The molecule has 0 aliphatic carbocycles. The fourth-order valence-corrected chi connectivity index (χ4v) is 2.73. The molecule has 3 aromatic rings. The van der Waals surface area contributed by atoms with Gasteiger partial charge in [-0.3, -0.25) is 4.21 Å². The van der Waals surface area contributed by atoms with Crippen molar-refractivity contribution in [2.75, 3.05) is 6.26 Å². The maximum Gasteiger partial charge on any atom is 0.192 e. The molecule has 0 amide bonds. The van der Waals surface area contributed by atoms with E-state index in [0.29, 0.717) is 5.89 Å². The molecule has 106 valence electrons. The Kier molecular flexibility index (Phi) is 3.71. The Hall–Kier alpha value is -2.20. The van der Waals surface area contributed by atoms with E-state index in [1.54, 1.807) is 6.26 Å². The van der Waals surface area contributed by atoms with Crippen molar-refractivity contribution in [2.24, 2.45) is 0 Å². The third-order valence-corrected chi connectivity index (χ3v) is 4.17. The standard InChI is InChI=1S/C17H15NO2S/c1-12-18-16(13-6-4-3-5-7-13)17(20-12)14-8-10-15(11-9-14)21(2)19/h3-11H,1-2H3/t21-/m1/s1. The Labute approximate surface area is 126 Å². The third-order valence-electron chi connectivity index (χ3n) is 3.23. The van der Waals surface area contributed by atoms with E-state index in [0.717, 1.165) is 27.5 Å². The lowest BCUT2D eigenvalue weighted by atomic mass is 10.1. The molecule has 0 bridgehead atoms. The lowest BCUT2D eigenvalue weighted by Crippen LogP contribution is -1.87. The summed E-state index contributed by atoms with van der Waals surface area (Å²) in [4.78, 5) is 5.29. The number of aromatic nitrogens is 1. The van der Waals surface area contributed by atoms with E-state index in [4.69, 9.17) is 4.42 Å². The summed E-state index contributed by atoms with van der Waals surface area (Å²) in [5.74, 6) is 1.37. The molecule has 0 spiro atoms. The zero-order valence-electron chi connectivity index (χ0n) is 11.9. The Morgan fingerprint density at radius 1 is 0.952 bits per heavy atom. The van der Waals surface area contributed by atoms with Crippen molar-refractivity contribution in [1.29, 1.82) is 0 Å². The smallest absolute Gasteiger partial charge is 0.192 e. The van der Waals surface area contributed by atoms with Gasteiger partial charge in [-0.1, -0.05) is 30.3 Å². The molecule has 0 aliphatic rings. The zero-order chi connectivity index (χ0) is 14.8. The summed E-state index contributed by atoms with van der Waals surface area (Å²) in [6.07, 6.45) is 1.67. The van der Waals surface area contributed by atoms with E-state index in [1.165, 1.54) is 0 Å². The first kappa shape index (κ1) is 13.8. The summed E-state index contributed by atoms with van der Waals surface area (Å²) in [6.45, 7) is 1.84. The number of hydrogen-bond donors (Lipinski definition) is 0. The molecule has 21 heavy (non-hydrogen) atoms. The summed E-state index contributed by atoms with van der Waals surface area (Å²) < 4.78 is 17.2. The molecular weight excluding hydrogens is 282 g/mol. The van der Waals surface area contributed by atoms with Crippen LogP contribution in [0.4, 0.5) is 0 Å². The number of oxazole rings is 1. The topological polar surface area (TPSA) is 43.1 Å². The van der Waals surface area contributed by atoms with Crippen LogP contribution < -0.4 is 0 Å². The monoisotopic (exact) mass is 297 g/mol. The number of benzene rings is 2. The SMILES string of the molecule is Cc1nc(-c2ccccc2)c(-c2ccc([S@@](C)=O)cc2)o1. The molecule has 1 heterocycles. The van der Waals surface area contributed by atoms with Gasteiger partial charge >= 0.3 is 0 Å². The molecule has 0 aliphatic heterocycles. The van der Waals surface area contributed by atoms with Crippen LogP contribution in [0.25, 0.3) is 22.6 Å². The average Bonchev–Trinajstić information content (AvgIpc) is 2.90. The van der Waals surface area contributed by atoms with Crippen molar-refractivity contribution in [3.05, 3.63) is 60.5 Å². The number of hydrogen-bond acceptors (Lipinski definition) is 3.